The van der Waals surface area contributed by atoms with Gasteiger partial charge in [-0.25, -0.2) is 9.37 Å². The molecule has 3 aromatic rings. The summed E-state index contributed by atoms with van der Waals surface area (Å²) in [5, 5.41) is 2.69. The fourth-order valence-electron chi connectivity index (χ4n) is 2.32. The third kappa shape index (κ3) is 3.09. The van der Waals surface area contributed by atoms with E-state index in [-0.39, 0.29) is 10.9 Å². The molecule has 0 aliphatic rings. The number of pyridine rings is 1. The molecule has 23 heavy (non-hydrogen) atoms. The van der Waals surface area contributed by atoms with Crippen molar-refractivity contribution in [1.82, 2.24) is 9.38 Å². The highest BCUT2D eigenvalue weighted by Crippen LogP contribution is 2.22. The van der Waals surface area contributed by atoms with Crippen molar-refractivity contribution in [1.29, 1.82) is 0 Å². The first-order valence-electron chi connectivity index (χ1n) is 6.92. The summed E-state index contributed by atoms with van der Waals surface area (Å²) in [6.07, 6.45) is 2.40. The Labute approximate surface area is 145 Å². The van der Waals surface area contributed by atoms with E-state index in [0.717, 1.165) is 4.47 Å². The number of anilines is 1. The van der Waals surface area contributed by atoms with E-state index in [2.05, 4.69) is 26.2 Å². The van der Waals surface area contributed by atoms with E-state index in [0.29, 0.717) is 29.1 Å². The lowest BCUT2D eigenvalue weighted by Gasteiger charge is -2.07. The van der Waals surface area contributed by atoms with E-state index in [9.17, 15) is 9.18 Å². The number of halogens is 3. The number of hydrogen-bond donors (Lipinski definition) is 1. The van der Waals surface area contributed by atoms with Crippen molar-refractivity contribution >= 4 is 44.8 Å². The molecule has 2 aromatic heterocycles. The largest absolute Gasteiger partial charge is 0.321 e. The summed E-state index contributed by atoms with van der Waals surface area (Å²) < 4.78 is 15.8. The summed E-state index contributed by atoms with van der Waals surface area (Å²) in [6, 6.07) is 7.74. The summed E-state index contributed by atoms with van der Waals surface area (Å²) in [7, 11) is 0. The molecule has 1 amide bonds. The second kappa shape index (κ2) is 6.29. The topological polar surface area (TPSA) is 46.4 Å². The van der Waals surface area contributed by atoms with Crippen LogP contribution in [0.1, 0.15) is 23.1 Å². The van der Waals surface area contributed by atoms with Gasteiger partial charge in [-0.2, -0.15) is 0 Å². The van der Waals surface area contributed by atoms with Gasteiger partial charge < -0.3 is 5.32 Å². The van der Waals surface area contributed by atoms with Crippen molar-refractivity contribution in [2.75, 3.05) is 5.32 Å². The fourth-order valence-corrected chi connectivity index (χ4v) is 2.84. The van der Waals surface area contributed by atoms with Gasteiger partial charge in [-0.3, -0.25) is 9.20 Å². The predicted molar refractivity (Wildman–Crippen MR) is 91.6 cm³/mol. The molecular formula is C16H12BrClFN3O. The molecule has 2 heterocycles. The minimum atomic E-state index is -0.530. The highest BCUT2D eigenvalue weighted by Gasteiger charge is 2.18. The molecule has 0 fully saturated rings. The van der Waals surface area contributed by atoms with Gasteiger partial charge in [0.15, 0.2) is 0 Å². The first kappa shape index (κ1) is 16.0. The van der Waals surface area contributed by atoms with E-state index in [1.54, 1.807) is 10.6 Å². The first-order chi connectivity index (χ1) is 11.0. The molecule has 7 heteroatoms. The summed E-state index contributed by atoms with van der Waals surface area (Å²) in [5.41, 5.74) is 2.25. The number of aryl methyl sites for hydroxylation is 1. The molecule has 0 bridgehead atoms. The van der Waals surface area contributed by atoms with E-state index >= 15 is 0 Å². The summed E-state index contributed by atoms with van der Waals surface area (Å²) in [4.78, 5) is 17.1. The Hall–Kier alpha value is -1.92. The van der Waals surface area contributed by atoms with Crippen molar-refractivity contribution in [2.45, 2.75) is 13.3 Å². The van der Waals surface area contributed by atoms with Crippen LogP contribution in [0.4, 0.5) is 10.1 Å². The Kier molecular flexibility index (Phi) is 4.37. The second-order valence-corrected chi connectivity index (χ2v) is 6.24. The van der Waals surface area contributed by atoms with Crippen LogP contribution in [0.15, 0.2) is 41.0 Å². The highest BCUT2D eigenvalue weighted by molar-refractivity contribution is 9.10. The molecular weight excluding hydrogens is 385 g/mol. The fraction of sp³-hybridized carbons (Fsp3) is 0.125. The number of aromatic nitrogens is 2. The molecule has 0 saturated carbocycles. The van der Waals surface area contributed by atoms with Crippen LogP contribution in [0.2, 0.25) is 5.02 Å². The van der Waals surface area contributed by atoms with Gasteiger partial charge in [0.1, 0.15) is 17.2 Å². The van der Waals surface area contributed by atoms with Crippen LogP contribution in [0, 0.1) is 5.82 Å². The highest BCUT2D eigenvalue weighted by atomic mass is 79.9. The minimum Gasteiger partial charge on any atom is -0.321 e. The number of fused-ring (bicyclic) bond motifs is 1. The molecule has 1 N–H and O–H groups in total. The predicted octanol–water partition coefficient (Wildman–Crippen LogP) is 4.70. The van der Waals surface area contributed by atoms with Crippen LogP contribution in [0.3, 0.4) is 0 Å². The normalized spacial score (nSPS) is 11.0. The summed E-state index contributed by atoms with van der Waals surface area (Å²) in [5.74, 6) is -0.854. The number of imidazole rings is 1. The maximum atomic E-state index is 13.2. The standard InChI is InChI=1S/C16H12BrClFN3O/c1-2-13-15(22-8-9(17)3-6-14(22)21-13)16(23)20-10-4-5-12(19)11(18)7-10/h3-8H,2H2,1H3,(H,20,23). The van der Waals surface area contributed by atoms with E-state index < -0.39 is 5.82 Å². The van der Waals surface area contributed by atoms with E-state index in [1.807, 2.05) is 19.1 Å². The van der Waals surface area contributed by atoms with Gasteiger partial charge in [0, 0.05) is 16.4 Å². The molecule has 1 aromatic carbocycles. The van der Waals surface area contributed by atoms with Gasteiger partial charge in [0.05, 0.1) is 10.7 Å². The second-order valence-electron chi connectivity index (χ2n) is 4.92. The lowest BCUT2D eigenvalue weighted by molar-refractivity contribution is 0.102. The maximum Gasteiger partial charge on any atom is 0.274 e. The first-order valence-corrected chi connectivity index (χ1v) is 8.09. The molecule has 0 radical (unpaired) electrons. The number of carbonyl (C=O) groups is 1. The molecule has 0 saturated heterocycles. The van der Waals surface area contributed by atoms with Crippen molar-refractivity contribution in [3.05, 3.63) is 63.2 Å². The Morgan fingerprint density at radius 1 is 1.39 bits per heavy atom. The Bertz CT molecular complexity index is 910. The number of carbonyl (C=O) groups excluding carboxylic acids is 1. The molecule has 0 atom stereocenters. The molecule has 118 valence electrons. The number of rotatable bonds is 3. The van der Waals surface area contributed by atoms with E-state index in [4.69, 9.17) is 11.6 Å². The number of benzene rings is 1. The van der Waals surface area contributed by atoms with Crippen LogP contribution < -0.4 is 5.32 Å². The molecule has 0 spiro atoms. The van der Waals surface area contributed by atoms with Crippen molar-refractivity contribution < 1.29 is 9.18 Å². The molecule has 0 aliphatic heterocycles. The van der Waals surface area contributed by atoms with Crippen LogP contribution in [0.25, 0.3) is 5.65 Å². The third-order valence-electron chi connectivity index (χ3n) is 3.38. The molecule has 0 unspecified atom stereocenters. The molecule has 0 aliphatic carbocycles. The lowest BCUT2D eigenvalue weighted by Crippen LogP contribution is -2.16. The quantitative estimate of drug-likeness (QED) is 0.697. The van der Waals surface area contributed by atoms with Crippen molar-refractivity contribution in [3.8, 4) is 0 Å². The van der Waals surface area contributed by atoms with E-state index in [1.165, 1.54) is 18.2 Å². The monoisotopic (exact) mass is 395 g/mol. The third-order valence-corrected chi connectivity index (χ3v) is 4.14. The summed E-state index contributed by atoms with van der Waals surface area (Å²) in [6.45, 7) is 1.93. The van der Waals surface area contributed by atoms with Gasteiger partial charge in [-0.15, -0.1) is 0 Å². The number of nitrogens with zero attached hydrogens (tertiary/aromatic N) is 2. The minimum absolute atomic E-state index is 0.0422. The van der Waals surface area contributed by atoms with Crippen molar-refractivity contribution in [3.63, 3.8) is 0 Å². The zero-order valence-corrected chi connectivity index (χ0v) is 14.4. The Balaban J connectivity index is 2.02. The number of hydrogen-bond acceptors (Lipinski definition) is 2. The van der Waals surface area contributed by atoms with Crippen LogP contribution in [0.5, 0.6) is 0 Å². The van der Waals surface area contributed by atoms with Gasteiger partial charge in [0.25, 0.3) is 5.91 Å². The SMILES string of the molecule is CCc1nc2ccc(Br)cn2c1C(=O)Nc1ccc(F)c(Cl)c1. The smallest absolute Gasteiger partial charge is 0.274 e. The van der Waals surface area contributed by atoms with Crippen LogP contribution in [-0.2, 0) is 6.42 Å². The van der Waals surface area contributed by atoms with Crippen LogP contribution >= 0.6 is 27.5 Å². The van der Waals surface area contributed by atoms with Gasteiger partial charge in [-0.1, -0.05) is 18.5 Å². The summed E-state index contributed by atoms with van der Waals surface area (Å²) >= 11 is 9.14. The number of amides is 1. The Morgan fingerprint density at radius 2 is 2.17 bits per heavy atom. The molecule has 3 rings (SSSR count). The van der Waals surface area contributed by atoms with Crippen LogP contribution in [-0.4, -0.2) is 15.3 Å². The lowest BCUT2D eigenvalue weighted by atomic mass is 10.2. The zero-order valence-electron chi connectivity index (χ0n) is 12.1. The van der Waals surface area contributed by atoms with Gasteiger partial charge >= 0.3 is 0 Å². The van der Waals surface area contributed by atoms with Gasteiger partial charge in [-0.05, 0) is 52.7 Å². The zero-order chi connectivity index (χ0) is 16.6. The number of nitrogens with one attached hydrogen (secondary N) is 1. The average Bonchev–Trinajstić information content (AvgIpc) is 2.88. The van der Waals surface area contributed by atoms with Crippen molar-refractivity contribution in [2.24, 2.45) is 0 Å². The maximum absolute atomic E-state index is 13.2. The van der Waals surface area contributed by atoms with Gasteiger partial charge in [0.2, 0.25) is 0 Å². The average molecular weight is 397 g/mol. The Morgan fingerprint density at radius 3 is 2.87 bits per heavy atom. The molecule has 4 nitrogen and oxygen atoms in total.